The lowest BCUT2D eigenvalue weighted by Gasteiger charge is -2.10. The molecule has 0 amide bonds. The number of hydrogen-bond donors (Lipinski definition) is 1. The van der Waals surface area contributed by atoms with Crippen LogP contribution in [-0.2, 0) is 6.54 Å². The molecule has 78 valence electrons. The molecule has 1 aromatic rings. The maximum Gasteiger partial charge on any atom is 0.251 e. The van der Waals surface area contributed by atoms with Crippen molar-refractivity contribution in [2.24, 2.45) is 0 Å². The molecular formula is C10H17N3O. The predicted octanol–water partition coefficient (Wildman–Crippen LogP) is 0.955. The van der Waals surface area contributed by atoms with Gasteiger partial charge in [0.2, 0.25) is 0 Å². The first-order valence-corrected chi connectivity index (χ1v) is 4.74. The maximum atomic E-state index is 11.3. The van der Waals surface area contributed by atoms with Gasteiger partial charge in [0.05, 0.1) is 12.2 Å². The molecule has 0 unspecified atom stereocenters. The SMILES string of the molecule is CC(C)c1cc(=O)[nH]c(CN(C)C)n1. The Labute approximate surface area is 84.0 Å². The van der Waals surface area contributed by atoms with Crippen LogP contribution in [-0.4, -0.2) is 29.0 Å². The fourth-order valence-electron chi connectivity index (χ4n) is 1.20. The molecule has 0 aliphatic rings. The normalized spacial score (nSPS) is 11.3. The van der Waals surface area contributed by atoms with Crippen LogP contribution in [0.4, 0.5) is 0 Å². The topological polar surface area (TPSA) is 49.0 Å². The highest BCUT2D eigenvalue weighted by Crippen LogP contribution is 2.08. The Kier molecular flexibility index (Phi) is 3.41. The van der Waals surface area contributed by atoms with E-state index in [0.717, 1.165) is 11.5 Å². The highest BCUT2D eigenvalue weighted by molar-refractivity contribution is 5.06. The van der Waals surface area contributed by atoms with Crippen molar-refractivity contribution in [3.05, 3.63) is 27.9 Å². The van der Waals surface area contributed by atoms with Crippen LogP contribution in [0, 0.1) is 0 Å². The Balaban J connectivity index is 3.01. The molecule has 4 nitrogen and oxygen atoms in total. The molecule has 0 saturated heterocycles. The number of nitrogens with zero attached hydrogens (tertiary/aromatic N) is 2. The number of aromatic amines is 1. The lowest BCUT2D eigenvalue weighted by molar-refractivity contribution is 0.388. The van der Waals surface area contributed by atoms with Gasteiger partial charge in [-0.05, 0) is 20.0 Å². The largest absolute Gasteiger partial charge is 0.309 e. The van der Waals surface area contributed by atoms with Crippen molar-refractivity contribution in [1.82, 2.24) is 14.9 Å². The molecule has 0 atom stereocenters. The maximum absolute atomic E-state index is 11.3. The third kappa shape index (κ3) is 2.96. The first-order chi connectivity index (χ1) is 6.49. The van der Waals surface area contributed by atoms with Gasteiger partial charge < -0.3 is 9.88 Å². The van der Waals surface area contributed by atoms with E-state index in [9.17, 15) is 4.79 Å². The summed E-state index contributed by atoms with van der Waals surface area (Å²) < 4.78 is 0. The van der Waals surface area contributed by atoms with E-state index in [1.165, 1.54) is 0 Å². The fraction of sp³-hybridized carbons (Fsp3) is 0.600. The van der Waals surface area contributed by atoms with Crippen LogP contribution in [0.5, 0.6) is 0 Å². The molecular weight excluding hydrogens is 178 g/mol. The lowest BCUT2D eigenvalue weighted by atomic mass is 10.1. The van der Waals surface area contributed by atoms with Crippen molar-refractivity contribution in [2.45, 2.75) is 26.3 Å². The molecule has 1 rings (SSSR count). The average molecular weight is 195 g/mol. The van der Waals surface area contributed by atoms with Crippen LogP contribution in [0.3, 0.4) is 0 Å². The van der Waals surface area contributed by atoms with E-state index in [4.69, 9.17) is 0 Å². The van der Waals surface area contributed by atoms with Gasteiger partial charge >= 0.3 is 0 Å². The first-order valence-electron chi connectivity index (χ1n) is 4.74. The molecule has 14 heavy (non-hydrogen) atoms. The number of hydrogen-bond acceptors (Lipinski definition) is 3. The van der Waals surface area contributed by atoms with E-state index in [0.29, 0.717) is 12.5 Å². The van der Waals surface area contributed by atoms with E-state index in [-0.39, 0.29) is 5.56 Å². The Morgan fingerprint density at radius 1 is 1.50 bits per heavy atom. The zero-order chi connectivity index (χ0) is 10.7. The Bertz CT molecular complexity index is 355. The van der Waals surface area contributed by atoms with Crippen LogP contribution in [0.2, 0.25) is 0 Å². The van der Waals surface area contributed by atoms with Gasteiger partial charge in [-0.3, -0.25) is 4.79 Å². The monoisotopic (exact) mass is 195 g/mol. The molecule has 0 aliphatic heterocycles. The Morgan fingerprint density at radius 2 is 2.14 bits per heavy atom. The summed E-state index contributed by atoms with van der Waals surface area (Å²) in [6.07, 6.45) is 0. The molecule has 0 bridgehead atoms. The molecule has 4 heteroatoms. The van der Waals surface area contributed by atoms with E-state index in [1.54, 1.807) is 6.07 Å². The molecule has 0 aromatic carbocycles. The van der Waals surface area contributed by atoms with Crippen LogP contribution in [0.25, 0.3) is 0 Å². The zero-order valence-electron chi connectivity index (χ0n) is 9.16. The van der Waals surface area contributed by atoms with E-state index in [2.05, 4.69) is 9.97 Å². The van der Waals surface area contributed by atoms with Crippen molar-refractivity contribution in [1.29, 1.82) is 0 Å². The van der Waals surface area contributed by atoms with Gasteiger partial charge in [0.15, 0.2) is 0 Å². The van der Waals surface area contributed by atoms with Crippen molar-refractivity contribution in [3.8, 4) is 0 Å². The molecule has 1 N–H and O–H groups in total. The third-order valence-corrected chi connectivity index (χ3v) is 1.87. The van der Waals surface area contributed by atoms with Gasteiger partial charge in [0.1, 0.15) is 5.82 Å². The fourth-order valence-corrected chi connectivity index (χ4v) is 1.20. The molecule has 1 aromatic heterocycles. The third-order valence-electron chi connectivity index (χ3n) is 1.87. The van der Waals surface area contributed by atoms with Gasteiger partial charge in [-0.2, -0.15) is 0 Å². The number of nitrogens with one attached hydrogen (secondary N) is 1. The standard InChI is InChI=1S/C10H17N3O/c1-7(2)8-5-10(14)12-9(11-8)6-13(3)4/h5,7H,6H2,1-4H3,(H,11,12,14). The van der Waals surface area contributed by atoms with Gasteiger partial charge in [-0.25, -0.2) is 4.98 Å². The number of H-pyrrole nitrogens is 1. The van der Waals surface area contributed by atoms with Crippen LogP contribution in [0.1, 0.15) is 31.3 Å². The number of rotatable bonds is 3. The van der Waals surface area contributed by atoms with Crippen LogP contribution < -0.4 is 5.56 Å². The molecule has 1 heterocycles. The van der Waals surface area contributed by atoms with Gasteiger partial charge in [0, 0.05) is 6.07 Å². The van der Waals surface area contributed by atoms with Crippen LogP contribution >= 0.6 is 0 Å². The summed E-state index contributed by atoms with van der Waals surface area (Å²) in [5, 5.41) is 0. The quantitative estimate of drug-likeness (QED) is 0.781. The summed E-state index contributed by atoms with van der Waals surface area (Å²) in [5.41, 5.74) is 0.783. The summed E-state index contributed by atoms with van der Waals surface area (Å²) in [6, 6.07) is 1.56. The van der Waals surface area contributed by atoms with Crippen molar-refractivity contribution in [3.63, 3.8) is 0 Å². The minimum Gasteiger partial charge on any atom is -0.309 e. The minimum absolute atomic E-state index is 0.0689. The molecule has 0 fully saturated rings. The van der Waals surface area contributed by atoms with Crippen LogP contribution in [0.15, 0.2) is 10.9 Å². The second kappa shape index (κ2) is 4.37. The summed E-state index contributed by atoms with van der Waals surface area (Å²) in [5.74, 6) is 1.02. The highest BCUT2D eigenvalue weighted by atomic mass is 16.1. The zero-order valence-corrected chi connectivity index (χ0v) is 9.16. The minimum atomic E-state index is -0.0689. The van der Waals surface area contributed by atoms with E-state index >= 15 is 0 Å². The van der Waals surface area contributed by atoms with Gasteiger partial charge in [0.25, 0.3) is 5.56 Å². The smallest absolute Gasteiger partial charge is 0.251 e. The van der Waals surface area contributed by atoms with Crippen molar-refractivity contribution < 1.29 is 0 Å². The molecule has 0 saturated carbocycles. The number of aromatic nitrogens is 2. The van der Waals surface area contributed by atoms with Gasteiger partial charge in [-0.1, -0.05) is 13.8 Å². The summed E-state index contributed by atoms with van der Waals surface area (Å²) >= 11 is 0. The average Bonchev–Trinajstić information content (AvgIpc) is 2.01. The second-order valence-electron chi connectivity index (χ2n) is 4.01. The molecule has 0 radical (unpaired) electrons. The second-order valence-corrected chi connectivity index (χ2v) is 4.01. The van der Waals surface area contributed by atoms with Crippen molar-refractivity contribution in [2.75, 3.05) is 14.1 Å². The highest BCUT2D eigenvalue weighted by Gasteiger charge is 2.05. The Morgan fingerprint density at radius 3 is 2.64 bits per heavy atom. The van der Waals surface area contributed by atoms with E-state index < -0.39 is 0 Å². The first kappa shape index (κ1) is 10.9. The van der Waals surface area contributed by atoms with E-state index in [1.807, 2.05) is 32.8 Å². The summed E-state index contributed by atoms with van der Waals surface area (Å²) in [6.45, 7) is 4.72. The summed E-state index contributed by atoms with van der Waals surface area (Å²) in [4.78, 5) is 20.4. The molecule has 0 spiro atoms. The summed E-state index contributed by atoms with van der Waals surface area (Å²) in [7, 11) is 3.89. The molecule has 0 aliphatic carbocycles. The Hall–Kier alpha value is -1.16. The lowest BCUT2D eigenvalue weighted by Crippen LogP contribution is -2.19. The van der Waals surface area contributed by atoms with Gasteiger partial charge in [-0.15, -0.1) is 0 Å². The predicted molar refractivity (Wildman–Crippen MR) is 56.3 cm³/mol. The van der Waals surface area contributed by atoms with Crippen molar-refractivity contribution >= 4 is 0 Å².